The fourth-order valence-corrected chi connectivity index (χ4v) is 1.34. The molecular formula is C10H14N6O. The van der Waals surface area contributed by atoms with Crippen LogP contribution in [0, 0.1) is 0 Å². The van der Waals surface area contributed by atoms with E-state index in [1.807, 2.05) is 10.9 Å². The molecule has 2 aromatic heterocycles. The van der Waals surface area contributed by atoms with Gasteiger partial charge in [0.2, 0.25) is 11.8 Å². The van der Waals surface area contributed by atoms with Crippen LogP contribution in [0.15, 0.2) is 24.7 Å². The molecule has 0 aliphatic heterocycles. The van der Waals surface area contributed by atoms with E-state index in [-0.39, 0.29) is 0 Å². The lowest BCUT2D eigenvalue weighted by Crippen LogP contribution is -2.10. The number of nitrogens with one attached hydrogen (secondary N) is 1. The van der Waals surface area contributed by atoms with Crippen molar-refractivity contribution in [3.05, 3.63) is 24.7 Å². The van der Waals surface area contributed by atoms with Crippen molar-refractivity contribution in [1.82, 2.24) is 19.7 Å². The first-order valence-electron chi connectivity index (χ1n) is 5.32. The van der Waals surface area contributed by atoms with E-state index >= 15 is 0 Å². The predicted octanol–water partition coefficient (Wildman–Crippen LogP) is 1.16. The normalized spacial score (nSPS) is 10.2. The number of aromatic nitrogens is 4. The van der Waals surface area contributed by atoms with Crippen LogP contribution in [0.5, 0.6) is 11.6 Å². The molecule has 0 aliphatic carbocycles. The molecule has 0 spiro atoms. The van der Waals surface area contributed by atoms with Gasteiger partial charge in [-0.3, -0.25) is 10.1 Å². The van der Waals surface area contributed by atoms with Crippen molar-refractivity contribution < 1.29 is 4.74 Å². The summed E-state index contributed by atoms with van der Waals surface area (Å²) in [5.74, 6) is 6.58. The van der Waals surface area contributed by atoms with Gasteiger partial charge in [-0.2, -0.15) is 10.1 Å². The summed E-state index contributed by atoms with van der Waals surface area (Å²) in [5, 5.41) is 4.15. The molecule has 0 radical (unpaired) electrons. The Morgan fingerprint density at radius 3 is 3.18 bits per heavy atom. The molecule has 0 aromatic carbocycles. The third-order valence-electron chi connectivity index (χ3n) is 2.04. The van der Waals surface area contributed by atoms with Crippen LogP contribution < -0.4 is 16.0 Å². The van der Waals surface area contributed by atoms with Crippen molar-refractivity contribution >= 4 is 5.95 Å². The zero-order chi connectivity index (χ0) is 12.1. The van der Waals surface area contributed by atoms with Gasteiger partial charge < -0.3 is 4.74 Å². The monoisotopic (exact) mass is 234 g/mol. The molecule has 2 heterocycles. The Kier molecular flexibility index (Phi) is 3.51. The van der Waals surface area contributed by atoms with Crippen LogP contribution in [-0.4, -0.2) is 19.7 Å². The van der Waals surface area contributed by atoms with Crippen LogP contribution in [-0.2, 0) is 6.54 Å². The average molecular weight is 234 g/mol. The SMILES string of the molecule is CCCn1cc(Oc2ccnc(NN)n2)cn1. The zero-order valence-corrected chi connectivity index (χ0v) is 9.50. The van der Waals surface area contributed by atoms with Gasteiger partial charge in [-0.25, -0.2) is 10.8 Å². The molecule has 0 unspecified atom stereocenters. The molecule has 7 heteroatoms. The Morgan fingerprint density at radius 2 is 2.41 bits per heavy atom. The van der Waals surface area contributed by atoms with Crippen molar-refractivity contribution in [2.45, 2.75) is 19.9 Å². The first-order valence-corrected chi connectivity index (χ1v) is 5.32. The molecule has 0 fully saturated rings. The van der Waals surface area contributed by atoms with Gasteiger partial charge in [0, 0.05) is 18.8 Å². The summed E-state index contributed by atoms with van der Waals surface area (Å²) in [6.45, 7) is 2.95. The molecule has 0 aliphatic rings. The maximum Gasteiger partial charge on any atom is 0.240 e. The summed E-state index contributed by atoms with van der Waals surface area (Å²) < 4.78 is 7.34. The molecule has 0 atom stereocenters. The topological polar surface area (TPSA) is 90.9 Å². The fourth-order valence-electron chi connectivity index (χ4n) is 1.34. The van der Waals surface area contributed by atoms with E-state index in [4.69, 9.17) is 10.6 Å². The highest BCUT2D eigenvalue weighted by molar-refractivity contribution is 5.28. The van der Waals surface area contributed by atoms with Crippen LogP contribution in [0.2, 0.25) is 0 Å². The number of ether oxygens (including phenoxy) is 1. The van der Waals surface area contributed by atoms with E-state index in [1.165, 1.54) is 0 Å². The predicted molar refractivity (Wildman–Crippen MR) is 62.4 cm³/mol. The molecule has 7 nitrogen and oxygen atoms in total. The summed E-state index contributed by atoms with van der Waals surface area (Å²) in [6.07, 6.45) is 6.05. The molecule has 0 amide bonds. The maximum atomic E-state index is 5.52. The Morgan fingerprint density at radius 1 is 1.53 bits per heavy atom. The molecule has 2 aromatic rings. The van der Waals surface area contributed by atoms with Crippen molar-refractivity contribution in [3.8, 4) is 11.6 Å². The number of nitrogens with zero attached hydrogens (tertiary/aromatic N) is 4. The van der Waals surface area contributed by atoms with E-state index in [2.05, 4.69) is 27.4 Å². The minimum Gasteiger partial charge on any atom is -0.436 e. The van der Waals surface area contributed by atoms with Gasteiger partial charge >= 0.3 is 0 Å². The van der Waals surface area contributed by atoms with Gasteiger partial charge in [0.05, 0.1) is 12.4 Å². The number of hydrogen-bond donors (Lipinski definition) is 2. The number of hydrazine groups is 1. The lowest BCUT2D eigenvalue weighted by molar-refractivity contribution is 0.460. The molecule has 3 N–H and O–H groups in total. The van der Waals surface area contributed by atoms with Crippen LogP contribution >= 0.6 is 0 Å². The average Bonchev–Trinajstić information content (AvgIpc) is 2.77. The van der Waals surface area contributed by atoms with E-state index < -0.39 is 0 Å². The second-order valence-corrected chi connectivity index (χ2v) is 3.40. The third kappa shape index (κ3) is 2.91. The van der Waals surface area contributed by atoms with Crippen molar-refractivity contribution in [2.24, 2.45) is 5.84 Å². The zero-order valence-electron chi connectivity index (χ0n) is 9.50. The van der Waals surface area contributed by atoms with Crippen molar-refractivity contribution in [2.75, 3.05) is 5.43 Å². The van der Waals surface area contributed by atoms with E-state index in [0.717, 1.165) is 13.0 Å². The standard InChI is InChI=1S/C10H14N6O/c1-2-5-16-7-8(6-13-16)17-9-3-4-12-10(14-9)15-11/h3-4,6-7H,2,5,11H2,1H3,(H,12,14,15). The van der Waals surface area contributed by atoms with E-state index in [1.54, 1.807) is 18.5 Å². The largest absolute Gasteiger partial charge is 0.436 e. The highest BCUT2D eigenvalue weighted by atomic mass is 16.5. The Bertz CT molecular complexity index is 483. The van der Waals surface area contributed by atoms with Crippen molar-refractivity contribution in [3.63, 3.8) is 0 Å². The van der Waals surface area contributed by atoms with Gasteiger partial charge in [-0.15, -0.1) is 0 Å². The second-order valence-electron chi connectivity index (χ2n) is 3.40. The van der Waals surface area contributed by atoms with Gasteiger partial charge in [0.15, 0.2) is 5.75 Å². The van der Waals surface area contributed by atoms with Gasteiger partial charge in [-0.05, 0) is 6.42 Å². The van der Waals surface area contributed by atoms with E-state index in [9.17, 15) is 0 Å². The maximum absolute atomic E-state index is 5.52. The quantitative estimate of drug-likeness (QED) is 0.596. The summed E-state index contributed by atoms with van der Waals surface area (Å²) in [7, 11) is 0. The first-order chi connectivity index (χ1) is 8.31. The number of aryl methyl sites for hydroxylation is 1. The fraction of sp³-hybridized carbons (Fsp3) is 0.300. The first kappa shape index (κ1) is 11.3. The van der Waals surface area contributed by atoms with Crippen LogP contribution in [0.4, 0.5) is 5.95 Å². The number of anilines is 1. The van der Waals surface area contributed by atoms with Crippen LogP contribution in [0.3, 0.4) is 0 Å². The molecule has 2 rings (SSSR count). The minimum atomic E-state index is 0.309. The molecule has 17 heavy (non-hydrogen) atoms. The summed E-state index contributed by atoms with van der Waals surface area (Å²) in [6, 6.07) is 1.65. The number of nitrogen functional groups attached to an aromatic ring is 1. The lowest BCUT2D eigenvalue weighted by atomic mass is 10.5. The highest BCUT2D eigenvalue weighted by Gasteiger charge is 2.03. The minimum absolute atomic E-state index is 0.309. The van der Waals surface area contributed by atoms with Crippen LogP contribution in [0.1, 0.15) is 13.3 Å². The summed E-state index contributed by atoms with van der Waals surface area (Å²) in [5.41, 5.74) is 2.36. The van der Waals surface area contributed by atoms with E-state index in [0.29, 0.717) is 17.6 Å². The molecule has 0 saturated carbocycles. The highest BCUT2D eigenvalue weighted by Crippen LogP contribution is 2.18. The molecular weight excluding hydrogens is 220 g/mol. The smallest absolute Gasteiger partial charge is 0.240 e. The van der Waals surface area contributed by atoms with Crippen molar-refractivity contribution in [1.29, 1.82) is 0 Å². The van der Waals surface area contributed by atoms with Gasteiger partial charge in [-0.1, -0.05) is 6.92 Å². The third-order valence-corrected chi connectivity index (χ3v) is 2.04. The Hall–Kier alpha value is -2.15. The summed E-state index contributed by atoms with van der Waals surface area (Å²) in [4.78, 5) is 7.92. The molecule has 0 saturated heterocycles. The Labute approximate surface area is 98.6 Å². The number of hydrogen-bond acceptors (Lipinski definition) is 6. The van der Waals surface area contributed by atoms with Crippen LogP contribution in [0.25, 0.3) is 0 Å². The molecule has 90 valence electrons. The lowest BCUT2D eigenvalue weighted by Gasteiger charge is -2.02. The second kappa shape index (κ2) is 5.26. The number of nitrogens with two attached hydrogens (primary N) is 1. The Balaban J connectivity index is 2.08. The summed E-state index contributed by atoms with van der Waals surface area (Å²) >= 11 is 0. The molecule has 0 bridgehead atoms. The number of rotatable bonds is 5. The van der Waals surface area contributed by atoms with Gasteiger partial charge in [0.1, 0.15) is 0 Å². The van der Waals surface area contributed by atoms with Gasteiger partial charge in [0.25, 0.3) is 0 Å².